The van der Waals surface area contributed by atoms with Gasteiger partial charge in [0.15, 0.2) is 11.5 Å². The number of hydrogen-bond donors (Lipinski definition) is 2. The molecular weight excluding hydrogens is 522 g/mol. The number of likely N-dealkylation sites (N-methyl/N-ethyl adjacent to an activating group) is 1. The van der Waals surface area contributed by atoms with E-state index in [2.05, 4.69) is 20.5 Å². The molecule has 3 fully saturated rings. The number of rotatable bonds is 9. The summed E-state index contributed by atoms with van der Waals surface area (Å²) in [6.45, 7) is 1.44. The lowest BCUT2D eigenvalue weighted by atomic mass is 9.86. The first-order valence-corrected chi connectivity index (χ1v) is 14.0. The molecule has 3 heterocycles. The smallest absolute Gasteiger partial charge is 0.274 e. The van der Waals surface area contributed by atoms with Crippen LogP contribution in [0.3, 0.4) is 0 Å². The maximum absolute atomic E-state index is 15.0. The van der Waals surface area contributed by atoms with E-state index in [1.165, 1.54) is 19.2 Å². The van der Waals surface area contributed by atoms with Gasteiger partial charge < -0.3 is 24.6 Å². The normalized spacial score (nSPS) is 25.7. The second kappa shape index (κ2) is 11.4. The van der Waals surface area contributed by atoms with Crippen molar-refractivity contribution >= 4 is 11.8 Å². The summed E-state index contributed by atoms with van der Waals surface area (Å²) in [6.07, 6.45) is 5.46. The third-order valence-corrected chi connectivity index (χ3v) is 8.45. The van der Waals surface area contributed by atoms with E-state index in [9.17, 15) is 18.4 Å². The number of ether oxygens (including phenoxy) is 2. The fourth-order valence-electron chi connectivity index (χ4n) is 5.86. The number of nitrogens with one attached hydrogen (secondary N) is 2. The van der Waals surface area contributed by atoms with Gasteiger partial charge in [0.1, 0.15) is 0 Å². The average Bonchev–Trinajstić information content (AvgIpc) is 3.50. The molecule has 2 aliphatic carbocycles. The summed E-state index contributed by atoms with van der Waals surface area (Å²) in [5.74, 6) is -2.38. The molecule has 5 rings (SSSR count). The molecular formula is C28H38F2N6O4. The summed E-state index contributed by atoms with van der Waals surface area (Å²) in [5, 5.41) is 10.1. The van der Waals surface area contributed by atoms with Gasteiger partial charge in [0.25, 0.3) is 5.91 Å². The molecule has 2 N–H and O–H groups in total. The van der Waals surface area contributed by atoms with Gasteiger partial charge in [-0.1, -0.05) is 0 Å². The van der Waals surface area contributed by atoms with E-state index < -0.39 is 11.7 Å². The predicted octanol–water partition coefficient (Wildman–Crippen LogP) is 3.31. The van der Waals surface area contributed by atoms with Crippen molar-refractivity contribution < 1.29 is 27.8 Å². The number of amides is 2. The fraction of sp³-hybridized carbons (Fsp3) is 0.643. The highest BCUT2D eigenvalue weighted by atomic mass is 19.2. The molecule has 10 nitrogen and oxygen atoms in total. The Hall–Kier alpha value is -3.12. The molecule has 0 radical (unpaired) electrons. The zero-order chi connectivity index (χ0) is 28.5. The number of likely N-dealkylation sites (tertiary alicyclic amines) is 1. The molecule has 0 aromatic carbocycles. The molecule has 1 saturated heterocycles. The van der Waals surface area contributed by atoms with Crippen molar-refractivity contribution in [3.05, 3.63) is 29.8 Å². The molecule has 2 aromatic heterocycles. The highest BCUT2D eigenvalue weighted by Gasteiger charge is 2.55. The quantitative estimate of drug-likeness (QED) is 0.484. The molecule has 1 aliphatic heterocycles. The Morgan fingerprint density at radius 2 is 1.95 bits per heavy atom. The lowest BCUT2D eigenvalue weighted by Gasteiger charge is -2.40. The number of nitrogens with zero attached hydrogens (tertiary/aromatic N) is 4. The molecule has 1 spiro atoms. The number of halogens is 2. The Labute approximate surface area is 232 Å². The second-order valence-corrected chi connectivity index (χ2v) is 11.6. The van der Waals surface area contributed by atoms with E-state index >= 15 is 0 Å². The first-order chi connectivity index (χ1) is 19.1. The number of pyridine rings is 1. The minimum absolute atomic E-state index is 0.0209. The number of alkyl halides is 1. The number of piperidine rings is 1. The van der Waals surface area contributed by atoms with Gasteiger partial charge in [0.2, 0.25) is 17.6 Å². The van der Waals surface area contributed by atoms with Crippen LogP contribution < -0.4 is 10.1 Å². The summed E-state index contributed by atoms with van der Waals surface area (Å²) in [6, 6.07) is 2.91. The summed E-state index contributed by atoms with van der Waals surface area (Å²) in [5.41, 5.74) is 0.406. The third kappa shape index (κ3) is 6.12. The van der Waals surface area contributed by atoms with Crippen molar-refractivity contribution in [2.24, 2.45) is 5.92 Å². The van der Waals surface area contributed by atoms with Crippen LogP contribution in [0.5, 0.6) is 5.88 Å². The van der Waals surface area contributed by atoms with E-state index in [4.69, 9.17) is 9.47 Å². The molecule has 0 unspecified atom stereocenters. The zero-order valence-electron chi connectivity index (χ0n) is 23.3. The standard InChI is InChI=1S/C28H38F2N6O4/c1-35(2)12-13-40-28(30)7-4-19(5-8-28)32-25(37)18-6-11-36(27(16-18)9-10-27)26(38)23-15-22(33-34-23)20-14-24(39-3)31-17-21(20)29/h14-15,17-19H,4-13,16H2,1-3H3,(H,32,37)(H,33,34)/t18-,19-,28-/m1/s1. The molecule has 218 valence electrons. The largest absolute Gasteiger partial charge is 0.481 e. The maximum atomic E-state index is 15.0. The van der Waals surface area contributed by atoms with Crippen LogP contribution in [0, 0.1) is 11.7 Å². The Bertz CT molecular complexity index is 1230. The number of methoxy groups -OCH3 is 1. The van der Waals surface area contributed by atoms with Gasteiger partial charge in [0.05, 0.1) is 25.6 Å². The van der Waals surface area contributed by atoms with Crippen molar-refractivity contribution in [1.82, 2.24) is 30.3 Å². The van der Waals surface area contributed by atoms with E-state index in [1.807, 2.05) is 23.9 Å². The van der Waals surface area contributed by atoms with Gasteiger partial charge in [0, 0.05) is 55.1 Å². The van der Waals surface area contributed by atoms with E-state index in [-0.39, 0.29) is 59.3 Å². The average molecular weight is 561 g/mol. The number of aromatic nitrogens is 3. The Balaban J connectivity index is 1.15. The minimum atomic E-state index is -1.62. The van der Waals surface area contributed by atoms with Crippen LogP contribution in [0.4, 0.5) is 8.78 Å². The van der Waals surface area contributed by atoms with Crippen molar-refractivity contribution in [1.29, 1.82) is 0 Å². The number of H-pyrrole nitrogens is 1. The van der Waals surface area contributed by atoms with Crippen molar-refractivity contribution in [2.45, 2.75) is 68.8 Å². The van der Waals surface area contributed by atoms with Crippen LogP contribution in [0.2, 0.25) is 0 Å². The first kappa shape index (κ1) is 28.4. The summed E-state index contributed by atoms with van der Waals surface area (Å²) >= 11 is 0. The predicted molar refractivity (Wildman–Crippen MR) is 143 cm³/mol. The zero-order valence-corrected chi connectivity index (χ0v) is 23.3. The van der Waals surface area contributed by atoms with Crippen LogP contribution >= 0.6 is 0 Å². The molecule has 3 aliphatic rings. The van der Waals surface area contributed by atoms with Crippen LogP contribution in [-0.4, -0.2) is 95.1 Å². The first-order valence-electron chi connectivity index (χ1n) is 14.0. The third-order valence-electron chi connectivity index (χ3n) is 8.45. The van der Waals surface area contributed by atoms with Gasteiger partial charge >= 0.3 is 0 Å². The van der Waals surface area contributed by atoms with Crippen LogP contribution in [0.25, 0.3) is 11.3 Å². The number of carbonyl (C=O) groups is 2. The van der Waals surface area contributed by atoms with Gasteiger partial charge in [-0.05, 0) is 58.7 Å². The lowest BCUT2D eigenvalue weighted by molar-refractivity contribution is -0.169. The molecule has 40 heavy (non-hydrogen) atoms. The SMILES string of the molecule is COc1cc(-c2cc(C(=O)N3CC[C@@H](C(=O)N[C@H]4CC[C@](F)(OCCN(C)C)CC4)CC34CC4)n[nH]2)c(F)cn1. The van der Waals surface area contributed by atoms with E-state index in [1.54, 1.807) is 0 Å². The van der Waals surface area contributed by atoms with Gasteiger partial charge in [-0.25, -0.2) is 13.8 Å². The number of carbonyl (C=O) groups excluding carboxylic acids is 2. The lowest BCUT2D eigenvalue weighted by Crippen LogP contribution is -2.52. The van der Waals surface area contributed by atoms with Gasteiger partial charge in [-0.3, -0.25) is 14.7 Å². The number of hydrogen-bond acceptors (Lipinski definition) is 7. The summed E-state index contributed by atoms with van der Waals surface area (Å²) in [7, 11) is 5.28. The molecule has 2 saturated carbocycles. The summed E-state index contributed by atoms with van der Waals surface area (Å²) < 4.78 is 39.9. The summed E-state index contributed by atoms with van der Waals surface area (Å²) in [4.78, 5) is 34.2. The highest BCUT2D eigenvalue weighted by Crippen LogP contribution is 2.50. The van der Waals surface area contributed by atoms with Crippen molar-refractivity contribution in [3.8, 4) is 17.1 Å². The molecule has 1 atom stereocenters. The topological polar surface area (TPSA) is 113 Å². The highest BCUT2D eigenvalue weighted by molar-refractivity contribution is 5.94. The van der Waals surface area contributed by atoms with E-state index in [0.29, 0.717) is 51.1 Å². The van der Waals surface area contributed by atoms with Crippen LogP contribution in [-0.2, 0) is 9.53 Å². The van der Waals surface area contributed by atoms with Gasteiger partial charge in [-0.2, -0.15) is 5.10 Å². The number of aromatic amines is 1. The minimum Gasteiger partial charge on any atom is -0.481 e. The van der Waals surface area contributed by atoms with Crippen LogP contribution in [0.15, 0.2) is 18.3 Å². The molecule has 2 aromatic rings. The Morgan fingerprint density at radius 1 is 1.20 bits per heavy atom. The Kier molecular flexibility index (Phi) is 8.10. The molecule has 2 amide bonds. The fourth-order valence-corrected chi connectivity index (χ4v) is 5.86. The van der Waals surface area contributed by atoms with Gasteiger partial charge in [-0.15, -0.1) is 0 Å². The maximum Gasteiger partial charge on any atom is 0.274 e. The Morgan fingerprint density at radius 3 is 2.62 bits per heavy atom. The van der Waals surface area contributed by atoms with Crippen molar-refractivity contribution in [3.63, 3.8) is 0 Å². The molecule has 12 heteroatoms. The van der Waals surface area contributed by atoms with Crippen molar-refractivity contribution in [2.75, 3.05) is 40.9 Å². The monoisotopic (exact) mass is 560 g/mol. The molecule has 0 bridgehead atoms. The van der Waals surface area contributed by atoms with Crippen LogP contribution in [0.1, 0.15) is 61.9 Å². The van der Waals surface area contributed by atoms with E-state index in [0.717, 1.165) is 19.0 Å². The second-order valence-electron chi connectivity index (χ2n) is 11.6.